The summed E-state index contributed by atoms with van der Waals surface area (Å²) in [7, 11) is -3.56. The number of benzene rings is 2. The molecule has 2 atom stereocenters. The van der Waals surface area contributed by atoms with Crippen LogP contribution in [0.15, 0.2) is 42.5 Å². The number of amides is 1. The lowest BCUT2D eigenvalue weighted by Crippen LogP contribution is -2.57. The third-order valence-corrected chi connectivity index (χ3v) is 7.13. The van der Waals surface area contributed by atoms with Crippen molar-refractivity contribution in [2.45, 2.75) is 49.8 Å². The first-order valence-electron chi connectivity index (χ1n) is 10.6. The van der Waals surface area contributed by atoms with Crippen LogP contribution in [0.4, 0.5) is 8.78 Å². The molecule has 2 N–H and O–H groups in total. The highest BCUT2D eigenvalue weighted by atomic mass is 32.2. The fraction of sp³-hybridized carbons (Fsp3) is 0.435. The van der Waals surface area contributed by atoms with Gasteiger partial charge >= 0.3 is 0 Å². The van der Waals surface area contributed by atoms with E-state index in [0.29, 0.717) is 24.8 Å². The number of hydrogen-bond donors (Lipinski definition) is 2. The highest BCUT2D eigenvalue weighted by molar-refractivity contribution is 7.88. The lowest BCUT2D eigenvalue weighted by atomic mass is 9.79. The first-order chi connectivity index (χ1) is 15.1. The molecular weight excluding hydrogens is 438 g/mol. The number of halogens is 2. The van der Waals surface area contributed by atoms with Crippen molar-refractivity contribution in [1.29, 1.82) is 0 Å². The van der Waals surface area contributed by atoms with Crippen LogP contribution in [-0.2, 0) is 21.2 Å². The van der Waals surface area contributed by atoms with Gasteiger partial charge in [-0.1, -0.05) is 30.3 Å². The molecule has 1 saturated heterocycles. The Balaban J connectivity index is 1.66. The topological polar surface area (TPSA) is 86.7 Å². The molecule has 2 aromatic rings. The zero-order valence-corrected chi connectivity index (χ0v) is 18.5. The number of carbonyl (C=O) groups excluding carboxylic acids is 1. The van der Waals surface area contributed by atoms with E-state index in [0.717, 1.165) is 12.7 Å². The maximum absolute atomic E-state index is 15.4. The summed E-state index contributed by atoms with van der Waals surface area (Å²) in [6.07, 6.45) is 2.94. The molecule has 1 saturated carbocycles. The van der Waals surface area contributed by atoms with Gasteiger partial charge in [-0.2, -0.15) is 0 Å². The number of nitrogens with one attached hydrogen (secondary N) is 1. The predicted octanol–water partition coefficient (Wildman–Crippen LogP) is 2.61. The molecule has 0 spiro atoms. The second kappa shape index (κ2) is 8.53. The van der Waals surface area contributed by atoms with Gasteiger partial charge in [-0.3, -0.25) is 4.79 Å². The van der Waals surface area contributed by atoms with E-state index in [2.05, 4.69) is 4.72 Å². The lowest BCUT2D eigenvalue weighted by Gasteiger charge is -2.40. The number of aliphatic hydroxyl groups is 1. The van der Waals surface area contributed by atoms with E-state index in [1.807, 2.05) is 0 Å². The molecule has 0 radical (unpaired) electrons. The maximum Gasteiger partial charge on any atom is 0.254 e. The minimum absolute atomic E-state index is 0.0595. The van der Waals surface area contributed by atoms with Crippen LogP contribution in [0.5, 0.6) is 0 Å². The normalized spacial score (nSPS) is 22.6. The number of likely N-dealkylation sites (tertiary alicyclic amines) is 1. The van der Waals surface area contributed by atoms with Crippen molar-refractivity contribution < 1.29 is 27.1 Å². The van der Waals surface area contributed by atoms with E-state index >= 15 is 4.39 Å². The fourth-order valence-electron chi connectivity index (χ4n) is 4.61. The Kier molecular flexibility index (Phi) is 6.08. The fourth-order valence-corrected chi connectivity index (χ4v) is 5.43. The Morgan fingerprint density at radius 1 is 1.22 bits per heavy atom. The summed E-state index contributed by atoms with van der Waals surface area (Å²) >= 11 is 0. The summed E-state index contributed by atoms with van der Waals surface area (Å²) in [5.41, 5.74) is -0.529. The molecule has 0 aromatic heterocycles. The Bertz CT molecular complexity index is 1130. The van der Waals surface area contributed by atoms with Crippen LogP contribution in [-0.4, -0.2) is 54.8 Å². The molecule has 6 nitrogen and oxygen atoms in total. The van der Waals surface area contributed by atoms with Crippen LogP contribution < -0.4 is 4.72 Å². The zero-order chi connectivity index (χ0) is 23.1. The van der Waals surface area contributed by atoms with Crippen molar-refractivity contribution in [2.75, 3.05) is 12.8 Å². The average Bonchev–Trinajstić information content (AvgIpc) is 3.07. The highest BCUT2D eigenvalue weighted by Crippen LogP contribution is 2.36. The van der Waals surface area contributed by atoms with Crippen molar-refractivity contribution in [3.8, 4) is 11.1 Å². The second-order valence-corrected chi connectivity index (χ2v) is 10.5. The van der Waals surface area contributed by atoms with Gasteiger partial charge in [0.15, 0.2) is 0 Å². The Hall–Kier alpha value is -2.36. The SMILES string of the molecule is CS(=O)(=O)N[C@H]1CCN(C(=O)C2(O)CCC2)[C@H]1Cc1cccc(-c2cccc(F)c2)c1F. The van der Waals surface area contributed by atoms with Crippen LogP contribution in [0.2, 0.25) is 0 Å². The predicted molar refractivity (Wildman–Crippen MR) is 116 cm³/mol. The first kappa shape index (κ1) is 22.8. The summed E-state index contributed by atoms with van der Waals surface area (Å²) in [6, 6.07) is 9.15. The van der Waals surface area contributed by atoms with Crippen molar-refractivity contribution in [3.63, 3.8) is 0 Å². The maximum atomic E-state index is 15.4. The van der Waals surface area contributed by atoms with Crippen LogP contribution >= 0.6 is 0 Å². The van der Waals surface area contributed by atoms with Gasteiger partial charge in [-0.15, -0.1) is 0 Å². The van der Waals surface area contributed by atoms with E-state index in [1.165, 1.54) is 23.1 Å². The molecular formula is C23H26F2N2O4S. The lowest BCUT2D eigenvalue weighted by molar-refractivity contribution is -0.161. The number of carbonyl (C=O) groups is 1. The number of rotatable bonds is 6. The van der Waals surface area contributed by atoms with Gasteiger partial charge in [0.1, 0.15) is 17.2 Å². The van der Waals surface area contributed by atoms with Gasteiger partial charge in [0.2, 0.25) is 10.0 Å². The van der Waals surface area contributed by atoms with Crippen LogP contribution in [0.1, 0.15) is 31.2 Å². The molecule has 2 fully saturated rings. The molecule has 1 aliphatic heterocycles. The summed E-state index contributed by atoms with van der Waals surface area (Å²) in [4.78, 5) is 14.5. The zero-order valence-electron chi connectivity index (χ0n) is 17.7. The van der Waals surface area contributed by atoms with E-state index in [9.17, 15) is 22.7 Å². The monoisotopic (exact) mass is 464 g/mol. The molecule has 172 valence electrons. The second-order valence-electron chi connectivity index (χ2n) is 8.73. The molecule has 0 unspecified atom stereocenters. The molecule has 0 bridgehead atoms. The summed E-state index contributed by atoms with van der Waals surface area (Å²) in [6.45, 7) is 0.268. The third-order valence-electron chi connectivity index (χ3n) is 6.39. The molecule has 32 heavy (non-hydrogen) atoms. The molecule has 1 amide bonds. The van der Waals surface area contributed by atoms with Crippen LogP contribution in [0.25, 0.3) is 11.1 Å². The Morgan fingerprint density at radius 3 is 2.56 bits per heavy atom. The Morgan fingerprint density at radius 2 is 1.94 bits per heavy atom. The van der Waals surface area contributed by atoms with Crippen molar-refractivity contribution in [3.05, 3.63) is 59.7 Å². The number of hydrogen-bond acceptors (Lipinski definition) is 4. The average molecular weight is 465 g/mol. The van der Waals surface area contributed by atoms with Crippen molar-refractivity contribution in [2.24, 2.45) is 0 Å². The van der Waals surface area contributed by atoms with E-state index < -0.39 is 45.2 Å². The minimum atomic E-state index is -3.56. The van der Waals surface area contributed by atoms with Gasteiger partial charge < -0.3 is 10.0 Å². The summed E-state index contributed by atoms with van der Waals surface area (Å²) < 4.78 is 55.4. The molecule has 2 aliphatic rings. The van der Waals surface area contributed by atoms with Crippen LogP contribution in [0.3, 0.4) is 0 Å². The summed E-state index contributed by atoms with van der Waals surface area (Å²) in [5, 5.41) is 10.6. The molecule has 9 heteroatoms. The van der Waals surface area contributed by atoms with Crippen LogP contribution in [0, 0.1) is 11.6 Å². The number of sulfonamides is 1. The first-order valence-corrected chi connectivity index (χ1v) is 12.5. The Labute approximate surface area is 186 Å². The third kappa shape index (κ3) is 4.55. The van der Waals surface area contributed by atoms with Gasteiger partial charge in [-0.05, 0) is 55.4 Å². The van der Waals surface area contributed by atoms with Gasteiger partial charge in [0, 0.05) is 18.2 Å². The molecule has 2 aromatic carbocycles. The molecule has 1 aliphatic carbocycles. The quantitative estimate of drug-likeness (QED) is 0.688. The largest absolute Gasteiger partial charge is 0.380 e. The molecule has 1 heterocycles. The minimum Gasteiger partial charge on any atom is -0.380 e. The van der Waals surface area contributed by atoms with Gasteiger partial charge in [0.05, 0.1) is 12.3 Å². The van der Waals surface area contributed by atoms with Crippen molar-refractivity contribution in [1.82, 2.24) is 9.62 Å². The smallest absolute Gasteiger partial charge is 0.254 e. The number of nitrogens with zero attached hydrogens (tertiary/aromatic N) is 1. The van der Waals surface area contributed by atoms with Gasteiger partial charge in [0.25, 0.3) is 5.91 Å². The van der Waals surface area contributed by atoms with E-state index in [1.54, 1.807) is 24.3 Å². The van der Waals surface area contributed by atoms with E-state index in [-0.39, 0.29) is 24.1 Å². The molecule has 4 rings (SSSR count). The van der Waals surface area contributed by atoms with Crippen molar-refractivity contribution >= 4 is 15.9 Å². The van der Waals surface area contributed by atoms with Gasteiger partial charge in [-0.25, -0.2) is 21.9 Å². The standard InChI is InChI=1S/C23H26F2N2O4S/c1-32(30,31)26-19-9-12-27(22(28)23(29)10-4-11-23)20(19)14-16-6-3-8-18(21(16)25)15-5-2-7-17(24)13-15/h2-3,5-8,13,19-20,26,29H,4,9-12,14H2,1H3/t19-,20-/m0/s1. The summed E-state index contributed by atoms with van der Waals surface area (Å²) in [5.74, 6) is -1.46. The highest BCUT2D eigenvalue weighted by Gasteiger charge is 2.49. The van der Waals surface area contributed by atoms with E-state index in [4.69, 9.17) is 0 Å².